The van der Waals surface area contributed by atoms with Gasteiger partial charge in [0.2, 0.25) is 15.9 Å². The number of carbonyl (C=O) groups is 2. The van der Waals surface area contributed by atoms with E-state index in [0.717, 1.165) is 4.90 Å². The molecule has 0 bridgehead atoms. The van der Waals surface area contributed by atoms with Gasteiger partial charge in [-0.25, -0.2) is 8.42 Å². The Balaban J connectivity index is 3.06. The molecule has 10 heteroatoms. The van der Waals surface area contributed by atoms with Crippen molar-refractivity contribution in [2.75, 3.05) is 6.54 Å². The minimum Gasteiger partial charge on any atom is -0.480 e. The molecule has 1 unspecified atom stereocenters. The first-order valence-electron chi connectivity index (χ1n) is 7.43. The van der Waals surface area contributed by atoms with Crippen molar-refractivity contribution in [1.29, 1.82) is 0 Å². The molecule has 1 heterocycles. The molecule has 136 valence electrons. The summed E-state index contributed by atoms with van der Waals surface area (Å²) in [6, 6.07) is -1.47. The lowest BCUT2D eigenvalue weighted by Crippen LogP contribution is -2.50. The van der Waals surface area contributed by atoms with Crippen LogP contribution in [0.25, 0.3) is 0 Å². The zero-order chi connectivity index (χ0) is 18.8. The number of amides is 1. The lowest BCUT2D eigenvalue weighted by Gasteiger charge is -2.28. The number of sulfonamides is 1. The van der Waals surface area contributed by atoms with Crippen LogP contribution in [0.15, 0.2) is 4.90 Å². The number of aliphatic carboxylic acids is 1. The lowest BCUT2D eigenvalue weighted by atomic mass is 10.2. The molecule has 0 saturated carbocycles. The highest BCUT2D eigenvalue weighted by molar-refractivity contribution is 7.89. The van der Waals surface area contributed by atoms with E-state index in [2.05, 4.69) is 9.82 Å². The van der Waals surface area contributed by atoms with Gasteiger partial charge < -0.3 is 10.0 Å². The van der Waals surface area contributed by atoms with Crippen molar-refractivity contribution in [3.8, 4) is 0 Å². The van der Waals surface area contributed by atoms with Crippen LogP contribution in [0.1, 0.15) is 32.2 Å². The van der Waals surface area contributed by atoms with Gasteiger partial charge in [-0.3, -0.25) is 14.3 Å². The maximum absolute atomic E-state index is 12.6. The summed E-state index contributed by atoms with van der Waals surface area (Å²) in [7, 11) is -2.33. The first-order valence-corrected chi connectivity index (χ1v) is 8.91. The van der Waals surface area contributed by atoms with Gasteiger partial charge in [-0.15, -0.1) is 0 Å². The van der Waals surface area contributed by atoms with Crippen LogP contribution < -0.4 is 4.72 Å². The van der Waals surface area contributed by atoms with Gasteiger partial charge in [0.1, 0.15) is 11.4 Å². The minimum absolute atomic E-state index is 0.0268. The molecule has 0 radical (unpaired) electrons. The molecule has 2 N–H and O–H groups in total. The summed E-state index contributed by atoms with van der Waals surface area (Å²) < 4.78 is 28.9. The molecule has 0 aliphatic rings. The molecule has 9 nitrogen and oxygen atoms in total. The molecule has 0 fully saturated rings. The fourth-order valence-electron chi connectivity index (χ4n) is 2.39. The molecule has 0 aliphatic carbocycles. The second-order valence-corrected chi connectivity index (χ2v) is 7.57. The molecule has 1 atom stereocenters. The number of rotatable bonds is 7. The highest BCUT2D eigenvalue weighted by Gasteiger charge is 2.31. The molecule has 0 aromatic carbocycles. The lowest BCUT2D eigenvalue weighted by molar-refractivity contribution is -0.146. The average Bonchev–Trinajstić information content (AvgIpc) is 2.68. The predicted molar refractivity (Wildman–Crippen MR) is 87.0 cm³/mol. The number of aryl methyl sites for hydroxylation is 2. The van der Waals surface area contributed by atoms with Crippen LogP contribution in [0.5, 0.6) is 0 Å². The van der Waals surface area contributed by atoms with E-state index < -0.39 is 34.5 Å². The highest BCUT2D eigenvalue weighted by Crippen LogP contribution is 2.19. The first kappa shape index (κ1) is 20.1. The molecule has 0 spiro atoms. The number of carboxylic acids is 1. The molecule has 1 amide bonds. The molecule has 1 rings (SSSR count). The topological polar surface area (TPSA) is 122 Å². The third-order valence-corrected chi connectivity index (χ3v) is 5.42. The van der Waals surface area contributed by atoms with Gasteiger partial charge >= 0.3 is 5.97 Å². The predicted octanol–water partition coefficient (Wildman–Crippen LogP) is 0.0253. The molecule has 0 saturated heterocycles. The van der Waals surface area contributed by atoms with Crippen molar-refractivity contribution in [3.63, 3.8) is 0 Å². The second kappa shape index (κ2) is 7.31. The van der Waals surface area contributed by atoms with Gasteiger partial charge in [0, 0.05) is 13.1 Å². The number of hydrogen-bond acceptors (Lipinski definition) is 5. The Morgan fingerprint density at radius 1 is 1.29 bits per heavy atom. The van der Waals surface area contributed by atoms with E-state index in [4.69, 9.17) is 5.11 Å². The van der Waals surface area contributed by atoms with Gasteiger partial charge in [0.25, 0.3) is 0 Å². The Labute approximate surface area is 141 Å². The van der Waals surface area contributed by atoms with Crippen molar-refractivity contribution in [1.82, 2.24) is 19.4 Å². The van der Waals surface area contributed by atoms with Crippen LogP contribution in [0.3, 0.4) is 0 Å². The number of nitrogens with one attached hydrogen (secondary N) is 1. The Morgan fingerprint density at radius 2 is 1.83 bits per heavy atom. The number of carbonyl (C=O) groups excluding carboxylic acids is 1. The van der Waals surface area contributed by atoms with Gasteiger partial charge in [-0.2, -0.15) is 9.82 Å². The van der Waals surface area contributed by atoms with Gasteiger partial charge in [0.05, 0.1) is 17.4 Å². The summed E-state index contributed by atoms with van der Waals surface area (Å²) >= 11 is 0. The van der Waals surface area contributed by atoms with Crippen molar-refractivity contribution < 1.29 is 23.1 Å². The normalized spacial score (nSPS) is 13.1. The number of hydrogen-bond donors (Lipinski definition) is 2. The standard InChI is InChI=1S/C14H24N4O5S/c1-8(2)18(7-12(19)20)14(21)10(4)16-24(22,23)13-9(3)15-17(6)11(13)5/h8,10,16H,7H2,1-6H3,(H,19,20). The summed E-state index contributed by atoms with van der Waals surface area (Å²) in [6.45, 7) is 7.41. The van der Waals surface area contributed by atoms with Crippen LogP contribution in [0, 0.1) is 13.8 Å². The van der Waals surface area contributed by atoms with E-state index in [1.54, 1.807) is 34.7 Å². The zero-order valence-electron chi connectivity index (χ0n) is 14.7. The SMILES string of the molecule is Cc1nn(C)c(C)c1S(=O)(=O)NC(C)C(=O)N(CC(=O)O)C(C)C. The quantitative estimate of drug-likeness (QED) is 0.707. The van der Waals surface area contributed by atoms with Gasteiger partial charge in [0.15, 0.2) is 0 Å². The average molecular weight is 360 g/mol. The zero-order valence-corrected chi connectivity index (χ0v) is 15.5. The minimum atomic E-state index is -3.96. The molecular formula is C14H24N4O5S. The van der Waals surface area contributed by atoms with E-state index in [0.29, 0.717) is 11.4 Å². The molecule has 0 aliphatic heterocycles. The largest absolute Gasteiger partial charge is 0.480 e. The highest BCUT2D eigenvalue weighted by atomic mass is 32.2. The molecule has 1 aromatic rings. The first-order chi connectivity index (χ1) is 10.9. The third kappa shape index (κ3) is 4.32. The van der Waals surface area contributed by atoms with Crippen LogP contribution >= 0.6 is 0 Å². The third-order valence-electron chi connectivity index (χ3n) is 3.63. The fraction of sp³-hybridized carbons (Fsp3) is 0.643. The van der Waals surface area contributed by atoms with Crippen LogP contribution in [0.4, 0.5) is 0 Å². The number of carboxylic acid groups (broad SMARTS) is 1. The van der Waals surface area contributed by atoms with E-state index in [-0.39, 0.29) is 10.9 Å². The summed E-state index contributed by atoms with van der Waals surface area (Å²) in [5.74, 6) is -1.76. The van der Waals surface area contributed by atoms with Crippen molar-refractivity contribution in [2.24, 2.45) is 7.05 Å². The van der Waals surface area contributed by atoms with Gasteiger partial charge in [-0.1, -0.05) is 0 Å². The fourth-order valence-corrected chi connectivity index (χ4v) is 4.03. The monoisotopic (exact) mass is 360 g/mol. The summed E-state index contributed by atoms with van der Waals surface area (Å²) in [4.78, 5) is 24.5. The summed E-state index contributed by atoms with van der Waals surface area (Å²) in [5, 5.41) is 13.0. The van der Waals surface area contributed by atoms with E-state index in [9.17, 15) is 18.0 Å². The van der Waals surface area contributed by atoms with E-state index in [1.807, 2.05) is 0 Å². The van der Waals surface area contributed by atoms with E-state index >= 15 is 0 Å². The molecule has 1 aromatic heterocycles. The maximum atomic E-state index is 12.6. The summed E-state index contributed by atoms with van der Waals surface area (Å²) in [6.07, 6.45) is 0. The molecular weight excluding hydrogens is 336 g/mol. The maximum Gasteiger partial charge on any atom is 0.323 e. The van der Waals surface area contributed by atoms with Crippen molar-refractivity contribution >= 4 is 21.9 Å². The smallest absolute Gasteiger partial charge is 0.323 e. The van der Waals surface area contributed by atoms with Crippen LogP contribution in [0.2, 0.25) is 0 Å². The Morgan fingerprint density at radius 3 is 2.21 bits per heavy atom. The Hall–Kier alpha value is -1.94. The van der Waals surface area contributed by atoms with Crippen LogP contribution in [-0.2, 0) is 26.7 Å². The van der Waals surface area contributed by atoms with Crippen molar-refractivity contribution in [3.05, 3.63) is 11.4 Å². The van der Waals surface area contributed by atoms with Gasteiger partial charge in [-0.05, 0) is 34.6 Å². The Kier molecular flexibility index (Phi) is 6.12. The molecule has 24 heavy (non-hydrogen) atoms. The van der Waals surface area contributed by atoms with Crippen LogP contribution in [-0.4, -0.2) is 58.7 Å². The van der Waals surface area contributed by atoms with E-state index in [1.165, 1.54) is 11.6 Å². The summed E-state index contributed by atoms with van der Waals surface area (Å²) in [5.41, 5.74) is 0.777. The number of aromatic nitrogens is 2. The number of nitrogens with zero attached hydrogens (tertiary/aromatic N) is 3. The second-order valence-electron chi connectivity index (χ2n) is 5.92. The van der Waals surface area contributed by atoms with Crippen molar-refractivity contribution in [2.45, 2.75) is 51.6 Å². The Bertz CT molecular complexity index is 739.